The number of para-hydroxylation sites is 2. The Hall–Kier alpha value is -2.82. The Morgan fingerprint density at radius 2 is 1.95 bits per heavy atom. The first-order valence-electron chi connectivity index (χ1n) is 6.77. The van der Waals surface area contributed by atoms with Gasteiger partial charge in [0.25, 0.3) is 0 Å². The van der Waals surface area contributed by atoms with E-state index in [-0.39, 0.29) is 0 Å². The minimum atomic E-state index is 0.556. The van der Waals surface area contributed by atoms with Crippen molar-refractivity contribution in [3.63, 3.8) is 0 Å². The number of oxazole rings is 1. The minimum absolute atomic E-state index is 0.556. The first-order chi connectivity index (χ1) is 10.2. The van der Waals surface area contributed by atoms with E-state index in [9.17, 15) is 0 Å². The molecule has 104 valence electrons. The molecule has 21 heavy (non-hydrogen) atoms. The quantitative estimate of drug-likeness (QED) is 0.572. The van der Waals surface area contributed by atoms with Gasteiger partial charge >= 0.3 is 0 Å². The van der Waals surface area contributed by atoms with Crippen molar-refractivity contribution in [1.82, 2.24) is 14.5 Å². The van der Waals surface area contributed by atoms with Crippen LogP contribution in [0.4, 0.5) is 5.69 Å². The third-order valence-corrected chi connectivity index (χ3v) is 3.60. The van der Waals surface area contributed by atoms with Gasteiger partial charge in [0, 0.05) is 11.8 Å². The number of anilines is 1. The molecule has 0 atom stereocenters. The number of fused-ring (bicyclic) bond motifs is 2. The molecular weight excluding hydrogens is 264 g/mol. The topological polar surface area (TPSA) is 69.9 Å². The van der Waals surface area contributed by atoms with Crippen molar-refractivity contribution in [2.24, 2.45) is 0 Å². The van der Waals surface area contributed by atoms with Crippen molar-refractivity contribution >= 4 is 27.8 Å². The van der Waals surface area contributed by atoms with Gasteiger partial charge in [0.1, 0.15) is 17.9 Å². The molecule has 0 saturated carbocycles. The normalized spacial score (nSPS) is 11.5. The van der Waals surface area contributed by atoms with Gasteiger partial charge < -0.3 is 14.7 Å². The Labute approximate surface area is 121 Å². The molecular formula is C16H14N4O. The number of imidazole rings is 1. The largest absolute Gasteiger partial charge is 0.439 e. The fourth-order valence-corrected chi connectivity index (χ4v) is 2.59. The lowest BCUT2D eigenvalue weighted by atomic mass is 10.3. The molecule has 2 N–H and O–H groups in total. The molecule has 0 bridgehead atoms. The molecule has 0 fully saturated rings. The monoisotopic (exact) mass is 278 g/mol. The first-order valence-corrected chi connectivity index (χ1v) is 6.77. The van der Waals surface area contributed by atoms with Crippen molar-refractivity contribution in [3.8, 4) is 0 Å². The van der Waals surface area contributed by atoms with E-state index < -0.39 is 0 Å². The molecule has 0 aliphatic rings. The number of nitrogen functional groups attached to an aromatic ring is 1. The molecule has 4 rings (SSSR count). The van der Waals surface area contributed by atoms with E-state index in [0.717, 1.165) is 22.4 Å². The van der Waals surface area contributed by atoms with E-state index in [2.05, 4.69) is 20.6 Å². The van der Waals surface area contributed by atoms with E-state index in [1.807, 2.05) is 37.3 Å². The summed E-state index contributed by atoms with van der Waals surface area (Å²) in [5, 5.41) is 0. The first kappa shape index (κ1) is 12.0. The van der Waals surface area contributed by atoms with E-state index in [4.69, 9.17) is 10.2 Å². The van der Waals surface area contributed by atoms with E-state index in [1.165, 1.54) is 0 Å². The zero-order valence-electron chi connectivity index (χ0n) is 11.6. The van der Waals surface area contributed by atoms with Crippen molar-refractivity contribution in [2.45, 2.75) is 13.5 Å². The number of rotatable bonds is 2. The lowest BCUT2D eigenvalue weighted by Gasteiger charge is -2.02. The molecule has 2 aromatic heterocycles. The molecule has 2 heterocycles. The highest BCUT2D eigenvalue weighted by molar-refractivity contribution is 5.77. The van der Waals surface area contributed by atoms with Crippen LogP contribution in [0.25, 0.3) is 22.1 Å². The van der Waals surface area contributed by atoms with Gasteiger partial charge in [0.15, 0.2) is 5.58 Å². The number of nitrogens with zero attached hydrogens (tertiary/aromatic N) is 3. The van der Waals surface area contributed by atoms with E-state index >= 15 is 0 Å². The number of aromatic nitrogens is 3. The van der Waals surface area contributed by atoms with Crippen molar-refractivity contribution in [2.75, 3.05) is 5.73 Å². The molecule has 5 nitrogen and oxygen atoms in total. The predicted molar refractivity (Wildman–Crippen MR) is 82.0 cm³/mol. The molecule has 0 saturated heterocycles. The molecule has 4 aromatic rings. The van der Waals surface area contributed by atoms with Gasteiger partial charge in [-0.1, -0.05) is 12.1 Å². The third kappa shape index (κ3) is 1.94. The minimum Gasteiger partial charge on any atom is -0.439 e. The lowest BCUT2D eigenvalue weighted by molar-refractivity contribution is 0.509. The Bertz CT molecular complexity index is 951. The molecule has 0 amide bonds. The second-order valence-corrected chi connectivity index (χ2v) is 5.07. The Balaban J connectivity index is 1.80. The van der Waals surface area contributed by atoms with Crippen molar-refractivity contribution in [1.29, 1.82) is 0 Å². The van der Waals surface area contributed by atoms with Crippen LogP contribution in [0.1, 0.15) is 11.7 Å². The molecule has 0 spiro atoms. The summed E-state index contributed by atoms with van der Waals surface area (Å²) in [4.78, 5) is 9.06. The lowest BCUT2D eigenvalue weighted by Crippen LogP contribution is -2.02. The number of aryl methyl sites for hydroxylation is 1. The van der Waals surface area contributed by atoms with Gasteiger partial charge in [0.2, 0.25) is 5.89 Å². The summed E-state index contributed by atoms with van der Waals surface area (Å²) in [6.07, 6.45) is 0. The van der Waals surface area contributed by atoms with Crippen LogP contribution in [0.5, 0.6) is 0 Å². The van der Waals surface area contributed by atoms with Gasteiger partial charge in [-0.05, 0) is 31.2 Å². The summed E-state index contributed by atoms with van der Waals surface area (Å²) in [5.41, 5.74) is 10.0. The highest BCUT2D eigenvalue weighted by Gasteiger charge is 2.11. The summed E-state index contributed by atoms with van der Waals surface area (Å²) < 4.78 is 7.89. The molecule has 0 aliphatic heterocycles. The zero-order valence-corrected chi connectivity index (χ0v) is 11.6. The second-order valence-electron chi connectivity index (χ2n) is 5.07. The maximum Gasteiger partial charge on any atom is 0.215 e. The van der Waals surface area contributed by atoms with Crippen molar-refractivity contribution in [3.05, 3.63) is 54.2 Å². The Morgan fingerprint density at radius 1 is 1.10 bits per heavy atom. The molecule has 0 unspecified atom stereocenters. The van der Waals surface area contributed by atoms with Crippen LogP contribution < -0.4 is 5.73 Å². The molecule has 5 heteroatoms. The molecule has 2 aromatic carbocycles. The average molecular weight is 278 g/mol. The smallest absolute Gasteiger partial charge is 0.215 e. The fraction of sp³-hybridized carbons (Fsp3) is 0.125. The van der Waals surface area contributed by atoms with Crippen LogP contribution in [0.3, 0.4) is 0 Å². The standard InChI is InChI=1S/C16H14N4O/c1-10-18-12-4-2-3-5-14(12)20(10)9-16-19-13-7-6-11(17)8-15(13)21-16/h2-8H,9,17H2,1H3. The molecule has 0 aliphatic carbocycles. The van der Waals surface area contributed by atoms with Crippen LogP contribution in [0, 0.1) is 6.92 Å². The van der Waals surface area contributed by atoms with Crippen molar-refractivity contribution < 1.29 is 4.42 Å². The fourth-order valence-electron chi connectivity index (χ4n) is 2.59. The Morgan fingerprint density at radius 3 is 2.86 bits per heavy atom. The average Bonchev–Trinajstić information content (AvgIpc) is 3.00. The van der Waals surface area contributed by atoms with Crippen LogP contribution in [0.2, 0.25) is 0 Å². The number of hydrogen-bond donors (Lipinski definition) is 1. The van der Waals surface area contributed by atoms with Gasteiger partial charge in [-0.15, -0.1) is 0 Å². The van der Waals surface area contributed by atoms with Crippen LogP contribution in [-0.2, 0) is 6.54 Å². The summed E-state index contributed by atoms with van der Waals surface area (Å²) in [7, 11) is 0. The Kier molecular flexibility index (Phi) is 2.47. The van der Waals surface area contributed by atoms with Crippen LogP contribution >= 0.6 is 0 Å². The summed E-state index contributed by atoms with van der Waals surface area (Å²) in [6, 6.07) is 13.5. The zero-order chi connectivity index (χ0) is 14.4. The maximum atomic E-state index is 5.79. The van der Waals surface area contributed by atoms with E-state index in [0.29, 0.717) is 23.7 Å². The number of benzene rings is 2. The second kappa shape index (κ2) is 4.34. The molecule has 0 radical (unpaired) electrons. The summed E-state index contributed by atoms with van der Waals surface area (Å²) in [5.74, 6) is 1.60. The number of nitrogens with two attached hydrogens (primary N) is 1. The van der Waals surface area contributed by atoms with Crippen LogP contribution in [-0.4, -0.2) is 14.5 Å². The van der Waals surface area contributed by atoms with Gasteiger partial charge in [-0.25, -0.2) is 9.97 Å². The summed E-state index contributed by atoms with van der Waals surface area (Å²) in [6.45, 7) is 2.54. The maximum absolute atomic E-state index is 5.79. The SMILES string of the molecule is Cc1nc2ccccc2n1Cc1nc2ccc(N)cc2o1. The van der Waals surface area contributed by atoms with E-state index in [1.54, 1.807) is 6.07 Å². The van der Waals surface area contributed by atoms with Gasteiger partial charge in [0.05, 0.1) is 11.0 Å². The third-order valence-electron chi connectivity index (χ3n) is 3.60. The number of hydrogen-bond acceptors (Lipinski definition) is 4. The summed E-state index contributed by atoms with van der Waals surface area (Å²) >= 11 is 0. The van der Waals surface area contributed by atoms with Gasteiger partial charge in [-0.2, -0.15) is 0 Å². The van der Waals surface area contributed by atoms with Gasteiger partial charge in [-0.3, -0.25) is 0 Å². The predicted octanol–water partition coefficient (Wildman–Crippen LogP) is 3.12. The van der Waals surface area contributed by atoms with Crippen LogP contribution in [0.15, 0.2) is 46.9 Å². The highest BCUT2D eigenvalue weighted by atomic mass is 16.3. The highest BCUT2D eigenvalue weighted by Crippen LogP contribution is 2.21.